The molecule has 180 valence electrons. The van der Waals surface area contributed by atoms with Gasteiger partial charge in [0.2, 0.25) is 0 Å². The van der Waals surface area contributed by atoms with E-state index in [4.69, 9.17) is 0 Å². The predicted molar refractivity (Wildman–Crippen MR) is 138 cm³/mol. The number of hydrogen-bond donors (Lipinski definition) is 1. The lowest BCUT2D eigenvalue weighted by Gasteiger charge is -2.32. The van der Waals surface area contributed by atoms with E-state index in [9.17, 15) is 4.79 Å². The van der Waals surface area contributed by atoms with Gasteiger partial charge in [-0.3, -0.25) is 9.69 Å². The van der Waals surface area contributed by atoms with Gasteiger partial charge in [0.15, 0.2) is 5.82 Å². The highest BCUT2D eigenvalue weighted by molar-refractivity contribution is 7.09. The Morgan fingerprint density at radius 1 is 1.18 bits per heavy atom. The summed E-state index contributed by atoms with van der Waals surface area (Å²) in [7, 11) is 0. The summed E-state index contributed by atoms with van der Waals surface area (Å²) in [6, 6.07) is 10.4. The summed E-state index contributed by atoms with van der Waals surface area (Å²) in [4.78, 5) is 19.9. The molecule has 8 heteroatoms. The standard InChI is InChI=1S/C26H34N6OS/c1-7-22(24-28-29-30-32(24)26(5,6)8-2)31(16-21-10-9-13-34-21)15-20-14-19-12-11-17(3)18(4)23(19)27-25(20)33/h9-14,22H,7-8,15-16H2,1-6H3,(H,27,33)/t22-/m1/s1. The Morgan fingerprint density at radius 2 is 1.97 bits per heavy atom. The molecule has 1 N–H and O–H groups in total. The number of aromatic nitrogens is 5. The fourth-order valence-corrected chi connectivity index (χ4v) is 5.10. The van der Waals surface area contributed by atoms with Crippen LogP contribution in [0.5, 0.6) is 0 Å². The van der Waals surface area contributed by atoms with Crippen molar-refractivity contribution >= 4 is 22.2 Å². The number of H-pyrrole nitrogens is 1. The van der Waals surface area contributed by atoms with Gasteiger partial charge in [-0.1, -0.05) is 32.0 Å². The van der Waals surface area contributed by atoms with Gasteiger partial charge in [-0.25, -0.2) is 4.68 Å². The second-order valence-electron chi connectivity index (χ2n) is 9.62. The first-order valence-corrected chi connectivity index (χ1v) is 12.8. The summed E-state index contributed by atoms with van der Waals surface area (Å²) in [6.07, 6.45) is 1.74. The quantitative estimate of drug-likeness (QED) is 0.344. The molecule has 0 aliphatic carbocycles. The first-order valence-electron chi connectivity index (χ1n) is 11.9. The topological polar surface area (TPSA) is 79.7 Å². The molecule has 1 aromatic carbocycles. The number of pyridine rings is 1. The first-order chi connectivity index (χ1) is 16.2. The van der Waals surface area contributed by atoms with Crippen LogP contribution >= 0.6 is 11.3 Å². The highest BCUT2D eigenvalue weighted by Gasteiger charge is 2.31. The van der Waals surface area contributed by atoms with Crippen molar-refractivity contribution in [1.82, 2.24) is 30.1 Å². The monoisotopic (exact) mass is 478 g/mol. The number of nitrogens with zero attached hydrogens (tertiary/aromatic N) is 5. The molecule has 0 aliphatic rings. The van der Waals surface area contributed by atoms with Gasteiger partial charge in [-0.15, -0.1) is 16.4 Å². The molecule has 0 bridgehead atoms. The number of fused-ring (bicyclic) bond motifs is 1. The SMILES string of the molecule is CC[C@H](c1nnnn1C(C)(C)CC)N(Cc1cccs1)Cc1cc2ccc(C)c(C)c2[nH]c1=O. The Balaban J connectivity index is 1.77. The van der Waals surface area contributed by atoms with Gasteiger partial charge in [0.25, 0.3) is 5.56 Å². The summed E-state index contributed by atoms with van der Waals surface area (Å²) in [5.41, 5.74) is 3.71. The molecule has 4 rings (SSSR count). The number of aryl methyl sites for hydroxylation is 2. The smallest absolute Gasteiger partial charge is 0.252 e. The molecule has 4 aromatic rings. The Bertz CT molecular complexity index is 1320. The molecule has 34 heavy (non-hydrogen) atoms. The van der Waals surface area contributed by atoms with Gasteiger partial charge >= 0.3 is 0 Å². The average molecular weight is 479 g/mol. The predicted octanol–water partition coefficient (Wildman–Crippen LogP) is 5.49. The van der Waals surface area contributed by atoms with Crippen molar-refractivity contribution in [3.63, 3.8) is 0 Å². The highest BCUT2D eigenvalue weighted by atomic mass is 32.1. The van der Waals surface area contributed by atoms with Crippen LogP contribution < -0.4 is 5.56 Å². The number of nitrogens with one attached hydrogen (secondary N) is 1. The minimum Gasteiger partial charge on any atom is -0.321 e. The molecule has 0 amide bonds. The number of benzene rings is 1. The van der Waals surface area contributed by atoms with Crippen molar-refractivity contribution < 1.29 is 0 Å². The molecular formula is C26H34N6OS. The summed E-state index contributed by atoms with van der Waals surface area (Å²) >= 11 is 1.73. The molecule has 3 heterocycles. The van der Waals surface area contributed by atoms with E-state index in [2.05, 4.69) is 96.6 Å². The molecule has 0 saturated heterocycles. The second kappa shape index (κ2) is 9.80. The van der Waals surface area contributed by atoms with Gasteiger partial charge in [-0.05, 0) is 85.0 Å². The van der Waals surface area contributed by atoms with Gasteiger partial charge in [-0.2, -0.15) is 0 Å². The fourth-order valence-electron chi connectivity index (χ4n) is 4.37. The number of rotatable bonds is 9. The lowest BCUT2D eigenvalue weighted by molar-refractivity contribution is 0.152. The third-order valence-corrected chi connectivity index (χ3v) is 7.86. The summed E-state index contributed by atoms with van der Waals surface area (Å²) < 4.78 is 1.96. The number of tetrazole rings is 1. The van der Waals surface area contributed by atoms with Gasteiger partial charge in [0, 0.05) is 23.5 Å². The van der Waals surface area contributed by atoms with Crippen LogP contribution in [0.2, 0.25) is 0 Å². The molecule has 0 saturated carbocycles. The highest BCUT2D eigenvalue weighted by Crippen LogP contribution is 2.31. The van der Waals surface area contributed by atoms with E-state index in [0.29, 0.717) is 6.54 Å². The van der Waals surface area contributed by atoms with Crippen molar-refractivity contribution in [2.45, 2.75) is 79.1 Å². The van der Waals surface area contributed by atoms with Crippen molar-refractivity contribution in [2.75, 3.05) is 0 Å². The number of thiophene rings is 1. The van der Waals surface area contributed by atoms with E-state index in [0.717, 1.165) is 47.2 Å². The molecule has 7 nitrogen and oxygen atoms in total. The van der Waals surface area contributed by atoms with E-state index in [1.54, 1.807) is 11.3 Å². The molecule has 1 atom stereocenters. The van der Waals surface area contributed by atoms with Crippen LogP contribution in [0.1, 0.15) is 74.0 Å². The van der Waals surface area contributed by atoms with E-state index in [-0.39, 0.29) is 17.1 Å². The van der Waals surface area contributed by atoms with Crippen LogP contribution in [0.4, 0.5) is 0 Å². The zero-order valence-corrected chi connectivity index (χ0v) is 21.7. The first kappa shape index (κ1) is 24.3. The largest absolute Gasteiger partial charge is 0.321 e. The Hall–Kier alpha value is -2.84. The van der Waals surface area contributed by atoms with Crippen LogP contribution in [0, 0.1) is 13.8 Å². The molecular weight excluding hydrogens is 444 g/mol. The van der Waals surface area contributed by atoms with Gasteiger partial charge in [0.1, 0.15) is 0 Å². The van der Waals surface area contributed by atoms with Crippen molar-refractivity contribution in [3.05, 3.63) is 73.5 Å². The Labute approximate surface area is 204 Å². The van der Waals surface area contributed by atoms with E-state index in [1.165, 1.54) is 10.4 Å². The molecule has 3 aromatic heterocycles. The summed E-state index contributed by atoms with van der Waals surface area (Å²) in [6.45, 7) is 14.0. The van der Waals surface area contributed by atoms with E-state index in [1.807, 2.05) is 10.7 Å². The van der Waals surface area contributed by atoms with E-state index < -0.39 is 0 Å². The van der Waals surface area contributed by atoms with Crippen LogP contribution in [-0.4, -0.2) is 30.1 Å². The third-order valence-electron chi connectivity index (χ3n) is 7.00. The van der Waals surface area contributed by atoms with Gasteiger partial charge < -0.3 is 4.98 Å². The lowest BCUT2D eigenvalue weighted by atomic mass is 10.0. The Morgan fingerprint density at radius 3 is 2.65 bits per heavy atom. The average Bonchev–Trinajstić information content (AvgIpc) is 3.51. The van der Waals surface area contributed by atoms with Crippen molar-refractivity contribution in [1.29, 1.82) is 0 Å². The maximum absolute atomic E-state index is 13.2. The molecule has 0 unspecified atom stereocenters. The van der Waals surface area contributed by atoms with Crippen LogP contribution in [-0.2, 0) is 18.6 Å². The van der Waals surface area contributed by atoms with Crippen LogP contribution in [0.15, 0.2) is 40.5 Å². The normalized spacial score (nSPS) is 13.1. The zero-order chi connectivity index (χ0) is 24.5. The fraction of sp³-hybridized carbons (Fsp3) is 0.462. The molecule has 0 fully saturated rings. The maximum Gasteiger partial charge on any atom is 0.252 e. The lowest BCUT2D eigenvalue weighted by Crippen LogP contribution is -2.36. The molecule has 0 spiro atoms. The van der Waals surface area contributed by atoms with E-state index >= 15 is 0 Å². The second-order valence-corrected chi connectivity index (χ2v) is 10.7. The van der Waals surface area contributed by atoms with Crippen LogP contribution in [0.25, 0.3) is 10.9 Å². The summed E-state index contributed by atoms with van der Waals surface area (Å²) in [5, 5.41) is 16.0. The molecule has 0 aliphatic heterocycles. The summed E-state index contributed by atoms with van der Waals surface area (Å²) in [5.74, 6) is 0.842. The van der Waals surface area contributed by atoms with Crippen LogP contribution in [0.3, 0.4) is 0 Å². The number of hydrogen-bond acceptors (Lipinski definition) is 6. The maximum atomic E-state index is 13.2. The minimum atomic E-state index is -0.198. The van der Waals surface area contributed by atoms with Gasteiger partial charge in [0.05, 0.1) is 17.1 Å². The Kier molecular flexibility index (Phi) is 7.00. The number of aromatic amines is 1. The van der Waals surface area contributed by atoms with Crippen molar-refractivity contribution in [3.8, 4) is 0 Å². The van der Waals surface area contributed by atoms with Crippen molar-refractivity contribution in [2.24, 2.45) is 0 Å². The molecule has 0 radical (unpaired) electrons. The minimum absolute atomic E-state index is 0.0298. The third kappa shape index (κ3) is 4.70. The zero-order valence-electron chi connectivity index (χ0n) is 20.9.